The molecule has 0 aliphatic carbocycles. The molecule has 1 aromatic carbocycles. The topological polar surface area (TPSA) is 73.6 Å². The smallest absolute Gasteiger partial charge is 0.151 e. The number of hydrogen-bond donors (Lipinski definition) is 2. The van der Waals surface area contributed by atoms with Crippen molar-refractivity contribution in [3.8, 4) is 5.75 Å². The minimum Gasteiger partial charge on any atom is -0.497 e. The average molecular weight is 244 g/mol. The van der Waals surface area contributed by atoms with Crippen LogP contribution in [-0.4, -0.2) is 12.9 Å². The molecule has 4 N–H and O–H groups in total. The van der Waals surface area contributed by atoms with Gasteiger partial charge in [-0.2, -0.15) is 5.10 Å². The van der Waals surface area contributed by atoms with Gasteiger partial charge in [-0.05, 0) is 34.1 Å². The Morgan fingerprint density at radius 1 is 1.54 bits per heavy atom. The lowest BCUT2D eigenvalue weighted by Gasteiger charge is -2.04. The molecule has 0 spiro atoms. The number of nitrogens with zero attached hydrogens (tertiary/aromatic N) is 1. The number of methoxy groups -OCH3 is 1. The minimum atomic E-state index is 0.287. The number of benzene rings is 1. The molecule has 0 radical (unpaired) electrons. The van der Waals surface area contributed by atoms with E-state index < -0.39 is 0 Å². The van der Waals surface area contributed by atoms with Crippen LogP contribution in [0.2, 0.25) is 0 Å². The first kappa shape index (κ1) is 9.85. The Kier molecular flexibility index (Phi) is 3.13. The molecule has 0 aliphatic rings. The van der Waals surface area contributed by atoms with Crippen LogP contribution < -0.4 is 16.3 Å². The van der Waals surface area contributed by atoms with Crippen molar-refractivity contribution in [2.45, 2.75) is 0 Å². The fraction of sp³-hybridized carbons (Fsp3) is 0.125. The fourth-order valence-electron chi connectivity index (χ4n) is 0.900. The number of nitrogens with two attached hydrogens (primary N) is 2. The van der Waals surface area contributed by atoms with Crippen molar-refractivity contribution < 1.29 is 4.74 Å². The molecule has 4 nitrogen and oxygen atoms in total. The normalized spacial score (nSPS) is 11.4. The molecule has 0 heterocycles. The molecule has 0 fully saturated rings. The van der Waals surface area contributed by atoms with Crippen LogP contribution >= 0.6 is 15.9 Å². The van der Waals surface area contributed by atoms with Crippen LogP contribution in [0, 0.1) is 0 Å². The summed E-state index contributed by atoms with van der Waals surface area (Å²) in [6.45, 7) is 0. The van der Waals surface area contributed by atoms with Crippen molar-refractivity contribution >= 4 is 21.8 Å². The van der Waals surface area contributed by atoms with Crippen molar-refractivity contribution in [3.05, 3.63) is 28.2 Å². The highest BCUT2D eigenvalue weighted by molar-refractivity contribution is 9.10. The van der Waals surface area contributed by atoms with E-state index in [2.05, 4.69) is 21.0 Å². The third-order valence-corrected chi connectivity index (χ3v) is 2.25. The average Bonchev–Trinajstić information content (AvgIpc) is 2.16. The van der Waals surface area contributed by atoms with Crippen LogP contribution in [0.5, 0.6) is 5.75 Å². The Hall–Kier alpha value is -1.23. The van der Waals surface area contributed by atoms with Gasteiger partial charge in [0, 0.05) is 10.0 Å². The third kappa shape index (κ3) is 2.12. The van der Waals surface area contributed by atoms with E-state index in [0.717, 1.165) is 15.8 Å². The molecule has 13 heavy (non-hydrogen) atoms. The number of hydrazone groups is 1. The van der Waals surface area contributed by atoms with Gasteiger partial charge in [0.1, 0.15) is 5.75 Å². The maximum absolute atomic E-state index is 5.54. The zero-order valence-electron chi connectivity index (χ0n) is 7.12. The summed E-state index contributed by atoms with van der Waals surface area (Å²) >= 11 is 3.33. The monoisotopic (exact) mass is 243 g/mol. The summed E-state index contributed by atoms with van der Waals surface area (Å²) in [4.78, 5) is 0. The standard InChI is InChI=1S/C8H10BrN3O/c1-13-5-2-3-6(7(9)4-5)8(10)12-11/h2-4H,11H2,1H3,(H2,10,12). The van der Waals surface area contributed by atoms with Gasteiger partial charge < -0.3 is 16.3 Å². The van der Waals surface area contributed by atoms with Crippen molar-refractivity contribution in [1.82, 2.24) is 0 Å². The molecular formula is C8H10BrN3O. The number of ether oxygens (including phenoxy) is 1. The van der Waals surface area contributed by atoms with Gasteiger partial charge in [0.15, 0.2) is 5.84 Å². The van der Waals surface area contributed by atoms with Gasteiger partial charge in [0.25, 0.3) is 0 Å². The maximum atomic E-state index is 5.54. The molecule has 0 saturated carbocycles. The predicted octanol–water partition coefficient (Wildman–Crippen LogP) is 1.04. The van der Waals surface area contributed by atoms with E-state index >= 15 is 0 Å². The summed E-state index contributed by atoms with van der Waals surface area (Å²) in [6, 6.07) is 5.38. The Balaban J connectivity index is 3.12. The fourth-order valence-corrected chi connectivity index (χ4v) is 1.46. The van der Waals surface area contributed by atoms with Gasteiger partial charge in [-0.25, -0.2) is 0 Å². The Morgan fingerprint density at radius 2 is 2.23 bits per heavy atom. The highest BCUT2D eigenvalue weighted by Crippen LogP contribution is 2.22. The van der Waals surface area contributed by atoms with Gasteiger partial charge in [-0.1, -0.05) is 0 Å². The lowest BCUT2D eigenvalue weighted by molar-refractivity contribution is 0.414. The Morgan fingerprint density at radius 3 is 2.69 bits per heavy atom. The summed E-state index contributed by atoms with van der Waals surface area (Å²) in [5.74, 6) is 6.09. The lowest BCUT2D eigenvalue weighted by Crippen LogP contribution is -2.15. The predicted molar refractivity (Wildman–Crippen MR) is 55.6 cm³/mol. The van der Waals surface area contributed by atoms with Crippen LogP contribution in [0.3, 0.4) is 0 Å². The van der Waals surface area contributed by atoms with Crippen molar-refractivity contribution in [3.63, 3.8) is 0 Å². The largest absolute Gasteiger partial charge is 0.497 e. The SMILES string of the molecule is COc1ccc(/C(N)=N/N)c(Br)c1. The summed E-state index contributed by atoms with van der Waals surface area (Å²) in [5, 5.41) is 3.40. The lowest BCUT2D eigenvalue weighted by atomic mass is 10.2. The molecule has 0 unspecified atom stereocenters. The van der Waals surface area contributed by atoms with E-state index in [4.69, 9.17) is 16.3 Å². The molecule has 70 valence electrons. The third-order valence-electron chi connectivity index (χ3n) is 1.59. The number of amidine groups is 1. The van der Waals surface area contributed by atoms with E-state index in [1.807, 2.05) is 0 Å². The van der Waals surface area contributed by atoms with Gasteiger partial charge >= 0.3 is 0 Å². The number of hydrogen-bond acceptors (Lipinski definition) is 3. The molecule has 0 saturated heterocycles. The van der Waals surface area contributed by atoms with E-state index in [-0.39, 0.29) is 5.84 Å². The van der Waals surface area contributed by atoms with Gasteiger partial charge in [0.05, 0.1) is 7.11 Å². The zero-order chi connectivity index (χ0) is 9.84. The summed E-state index contributed by atoms with van der Waals surface area (Å²) < 4.78 is 5.83. The quantitative estimate of drug-likeness (QED) is 0.353. The molecule has 5 heteroatoms. The van der Waals surface area contributed by atoms with E-state index in [0.29, 0.717) is 0 Å². The first-order valence-electron chi connectivity index (χ1n) is 3.56. The van der Waals surface area contributed by atoms with E-state index in [1.165, 1.54) is 0 Å². The maximum Gasteiger partial charge on any atom is 0.151 e. The molecule has 0 amide bonds. The highest BCUT2D eigenvalue weighted by Gasteiger charge is 2.04. The summed E-state index contributed by atoms with van der Waals surface area (Å²) in [6.07, 6.45) is 0. The van der Waals surface area contributed by atoms with Crippen molar-refractivity contribution in [2.24, 2.45) is 16.7 Å². The Labute approximate surface area is 84.7 Å². The van der Waals surface area contributed by atoms with E-state index in [1.54, 1.807) is 25.3 Å². The number of rotatable bonds is 2. The van der Waals surface area contributed by atoms with Gasteiger partial charge in [-0.15, -0.1) is 0 Å². The molecule has 0 aromatic heterocycles. The molecular weight excluding hydrogens is 234 g/mol. The van der Waals surface area contributed by atoms with Crippen LogP contribution in [0.15, 0.2) is 27.8 Å². The van der Waals surface area contributed by atoms with Gasteiger partial charge in [-0.3, -0.25) is 0 Å². The second-order valence-corrected chi connectivity index (χ2v) is 3.21. The van der Waals surface area contributed by atoms with Crippen LogP contribution in [0.4, 0.5) is 0 Å². The minimum absolute atomic E-state index is 0.287. The van der Waals surface area contributed by atoms with Crippen molar-refractivity contribution in [1.29, 1.82) is 0 Å². The molecule has 0 atom stereocenters. The zero-order valence-corrected chi connectivity index (χ0v) is 8.71. The van der Waals surface area contributed by atoms with Crippen LogP contribution in [0.25, 0.3) is 0 Å². The van der Waals surface area contributed by atoms with E-state index in [9.17, 15) is 0 Å². The summed E-state index contributed by atoms with van der Waals surface area (Å²) in [7, 11) is 1.60. The molecule has 1 rings (SSSR count). The van der Waals surface area contributed by atoms with Crippen molar-refractivity contribution in [2.75, 3.05) is 7.11 Å². The first-order valence-corrected chi connectivity index (χ1v) is 4.35. The number of halogens is 1. The molecule has 1 aromatic rings. The molecule has 0 bridgehead atoms. The second-order valence-electron chi connectivity index (χ2n) is 2.36. The van der Waals surface area contributed by atoms with Crippen LogP contribution in [0.1, 0.15) is 5.56 Å². The van der Waals surface area contributed by atoms with Crippen LogP contribution in [-0.2, 0) is 0 Å². The van der Waals surface area contributed by atoms with Gasteiger partial charge in [0.2, 0.25) is 0 Å². The summed E-state index contributed by atoms with van der Waals surface area (Å²) in [5.41, 5.74) is 6.29. The first-order chi connectivity index (χ1) is 6.19. The highest BCUT2D eigenvalue weighted by atomic mass is 79.9. The Bertz CT molecular complexity index is 338. The molecule has 0 aliphatic heterocycles. The second kappa shape index (κ2) is 4.13.